The van der Waals surface area contributed by atoms with E-state index in [0.29, 0.717) is 6.42 Å². The fourth-order valence-electron chi connectivity index (χ4n) is 4.77. The highest BCUT2D eigenvalue weighted by atomic mass is 16.2. The van der Waals surface area contributed by atoms with Crippen molar-refractivity contribution in [2.45, 2.75) is 25.4 Å². The molecule has 6 nitrogen and oxygen atoms in total. The third kappa shape index (κ3) is 4.79. The molecular weight excluding hydrogens is 448 g/mol. The van der Waals surface area contributed by atoms with Gasteiger partial charge in [-0.1, -0.05) is 72.8 Å². The molecule has 0 radical (unpaired) electrons. The number of para-hydroxylation sites is 4. The zero-order valence-corrected chi connectivity index (χ0v) is 20.0. The van der Waals surface area contributed by atoms with E-state index in [-0.39, 0.29) is 24.1 Å². The minimum Gasteiger partial charge on any atom is -0.308 e. The number of carbonyl (C=O) groups is 2. The zero-order valence-electron chi connectivity index (χ0n) is 20.0. The van der Waals surface area contributed by atoms with Crippen molar-refractivity contribution in [1.29, 1.82) is 0 Å². The molecule has 1 heterocycles. The molecule has 0 aliphatic carbocycles. The number of nitrogens with one attached hydrogen (secondary N) is 2. The molecule has 0 aromatic heterocycles. The summed E-state index contributed by atoms with van der Waals surface area (Å²) in [7, 11) is 0. The van der Waals surface area contributed by atoms with Gasteiger partial charge in [0.05, 0.1) is 11.7 Å². The normalized spacial score (nSPS) is 16.5. The Morgan fingerprint density at radius 3 is 1.89 bits per heavy atom. The van der Waals surface area contributed by atoms with E-state index >= 15 is 0 Å². The maximum Gasteiger partial charge on any atom is 0.326 e. The lowest BCUT2D eigenvalue weighted by atomic mass is 9.90. The van der Waals surface area contributed by atoms with Gasteiger partial charge in [-0.05, 0) is 61.4 Å². The van der Waals surface area contributed by atoms with Crippen LogP contribution in [0.4, 0.5) is 32.3 Å². The van der Waals surface area contributed by atoms with Crippen LogP contribution in [0.3, 0.4) is 0 Å². The van der Waals surface area contributed by atoms with Crippen molar-refractivity contribution >= 4 is 34.8 Å². The Labute approximate surface area is 211 Å². The minimum absolute atomic E-state index is 0.149. The molecule has 1 aliphatic rings. The number of amides is 4. The molecule has 0 unspecified atom stereocenters. The molecule has 1 aliphatic heterocycles. The van der Waals surface area contributed by atoms with Crippen molar-refractivity contribution < 1.29 is 9.59 Å². The van der Waals surface area contributed by atoms with Crippen LogP contribution in [0.1, 0.15) is 24.9 Å². The van der Waals surface area contributed by atoms with Gasteiger partial charge < -0.3 is 10.6 Å². The van der Waals surface area contributed by atoms with Gasteiger partial charge in [0, 0.05) is 23.1 Å². The average Bonchev–Trinajstić information content (AvgIpc) is 2.90. The Kier molecular flexibility index (Phi) is 6.67. The topological polar surface area (TPSA) is 64.7 Å². The molecule has 2 atom stereocenters. The molecule has 0 bridgehead atoms. The van der Waals surface area contributed by atoms with Crippen molar-refractivity contribution in [3.8, 4) is 0 Å². The third-order valence-corrected chi connectivity index (χ3v) is 6.39. The van der Waals surface area contributed by atoms with Gasteiger partial charge in [-0.3, -0.25) is 9.80 Å². The number of fused-ring (bicyclic) bond motifs is 1. The molecule has 0 saturated heterocycles. The summed E-state index contributed by atoms with van der Waals surface area (Å²) in [6, 6.07) is 35.5. The Morgan fingerprint density at radius 1 is 0.722 bits per heavy atom. The van der Waals surface area contributed by atoms with Crippen molar-refractivity contribution in [2.75, 3.05) is 20.4 Å². The second kappa shape index (κ2) is 10.4. The molecule has 5 rings (SSSR count). The van der Waals surface area contributed by atoms with Gasteiger partial charge in [-0.15, -0.1) is 0 Å². The summed E-state index contributed by atoms with van der Waals surface area (Å²) >= 11 is 0. The lowest BCUT2D eigenvalue weighted by molar-refractivity contribution is 0.251. The first-order valence-corrected chi connectivity index (χ1v) is 12.1. The van der Waals surface area contributed by atoms with Gasteiger partial charge in [0.1, 0.15) is 0 Å². The predicted molar refractivity (Wildman–Crippen MR) is 146 cm³/mol. The predicted octanol–water partition coefficient (Wildman–Crippen LogP) is 7.30. The Morgan fingerprint density at radius 2 is 1.25 bits per heavy atom. The third-order valence-electron chi connectivity index (χ3n) is 6.39. The SMILES string of the molecule is C[C@H]1C[C@@H](N(C(=O)Nc2ccccc2)c2ccccc2)c2ccccc2N1C(=O)Nc1ccccc1. The molecule has 0 saturated carbocycles. The second-order valence-corrected chi connectivity index (χ2v) is 8.83. The molecule has 36 heavy (non-hydrogen) atoms. The van der Waals surface area contributed by atoms with Crippen LogP contribution < -0.4 is 20.4 Å². The smallest absolute Gasteiger partial charge is 0.308 e. The van der Waals surface area contributed by atoms with Crippen molar-refractivity contribution in [3.63, 3.8) is 0 Å². The van der Waals surface area contributed by atoms with Crippen LogP contribution in [0.25, 0.3) is 0 Å². The molecule has 2 N–H and O–H groups in total. The highest BCUT2D eigenvalue weighted by Gasteiger charge is 2.38. The first kappa shape index (κ1) is 23.2. The van der Waals surface area contributed by atoms with Crippen molar-refractivity contribution in [3.05, 3.63) is 121 Å². The number of nitrogens with zero attached hydrogens (tertiary/aromatic N) is 2. The Balaban J connectivity index is 1.51. The lowest BCUT2D eigenvalue weighted by Gasteiger charge is -2.43. The fraction of sp³-hybridized carbons (Fsp3) is 0.133. The summed E-state index contributed by atoms with van der Waals surface area (Å²) in [5.41, 5.74) is 3.97. The maximum atomic E-state index is 13.7. The number of anilines is 4. The molecular formula is C30H28N4O2. The van der Waals surface area contributed by atoms with Crippen molar-refractivity contribution in [2.24, 2.45) is 0 Å². The summed E-state index contributed by atoms with van der Waals surface area (Å²) < 4.78 is 0. The molecule has 180 valence electrons. The molecule has 0 spiro atoms. The summed E-state index contributed by atoms with van der Waals surface area (Å²) in [6.45, 7) is 2.02. The standard InChI is InChI=1S/C30H28N4O2/c1-22-21-28(34(25-17-9-4-10-18-25)30(36)32-24-15-7-3-8-16-24)26-19-11-12-20-27(26)33(22)29(35)31-23-13-5-2-6-14-23/h2-20,22,28H,21H2,1H3,(H,31,35)(H,32,36)/t22-,28+/m0/s1. The Hall–Kier alpha value is -4.58. The quantitative estimate of drug-likeness (QED) is 0.325. The number of carbonyl (C=O) groups excluding carboxylic acids is 2. The van der Waals surface area contributed by atoms with E-state index in [1.807, 2.05) is 122 Å². The maximum absolute atomic E-state index is 13.7. The van der Waals surface area contributed by atoms with Crippen LogP contribution in [0.2, 0.25) is 0 Å². The zero-order chi connectivity index (χ0) is 24.9. The molecule has 6 heteroatoms. The lowest BCUT2D eigenvalue weighted by Crippen LogP contribution is -2.49. The Bertz CT molecular complexity index is 1330. The highest BCUT2D eigenvalue weighted by molar-refractivity contribution is 6.05. The number of rotatable bonds is 4. The van der Waals surface area contributed by atoms with Gasteiger partial charge in [0.25, 0.3) is 0 Å². The van der Waals surface area contributed by atoms with Crippen LogP contribution in [-0.2, 0) is 0 Å². The second-order valence-electron chi connectivity index (χ2n) is 8.83. The summed E-state index contributed by atoms with van der Waals surface area (Å²) in [5, 5.41) is 6.05. The van der Waals surface area contributed by atoms with E-state index in [9.17, 15) is 9.59 Å². The van der Waals surface area contributed by atoms with E-state index in [1.165, 1.54) is 0 Å². The van der Waals surface area contributed by atoms with Gasteiger partial charge in [0.15, 0.2) is 0 Å². The molecule has 4 amide bonds. The average molecular weight is 477 g/mol. The van der Waals surface area contributed by atoms with E-state index in [1.54, 1.807) is 9.80 Å². The summed E-state index contributed by atoms with van der Waals surface area (Å²) in [5.74, 6) is 0. The molecule has 4 aromatic rings. The van der Waals surface area contributed by atoms with Gasteiger partial charge in [-0.2, -0.15) is 0 Å². The van der Waals surface area contributed by atoms with Crippen LogP contribution in [0, 0.1) is 0 Å². The van der Waals surface area contributed by atoms with Crippen LogP contribution in [0.15, 0.2) is 115 Å². The first-order valence-electron chi connectivity index (χ1n) is 12.1. The monoisotopic (exact) mass is 476 g/mol. The van der Waals surface area contributed by atoms with E-state index in [0.717, 1.165) is 28.3 Å². The first-order chi connectivity index (χ1) is 17.6. The minimum atomic E-state index is -0.261. The van der Waals surface area contributed by atoms with Crippen LogP contribution in [0.5, 0.6) is 0 Å². The van der Waals surface area contributed by atoms with Crippen LogP contribution >= 0.6 is 0 Å². The van der Waals surface area contributed by atoms with Gasteiger partial charge in [-0.25, -0.2) is 9.59 Å². The number of urea groups is 2. The number of benzene rings is 4. The summed E-state index contributed by atoms with van der Waals surface area (Å²) in [6.07, 6.45) is 0.580. The fourth-order valence-corrected chi connectivity index (χ4v) is 4.77. The number of hydrogen-bond acceptors (Lipinski definition) is 2. The van der Waals surface area contributed by atoms with Gasteiger partial charge >= 0.3 is 12.1 Å². The molecule has 0 fully saturated rings. The van der Waals surface area contributed by atoms with Gasteiger partial charge in [0.2, 0.25) is 0 Å². The van der Waals surface area contributed by atoms with Crippen molar-refractivity contribution in [1.82, 2.24) is 0 Å². The summed E-state index contributed by atoms with van der Waals surface area (Å²) in [4.78, 5) is 30.7. The highest BCUT2D eigenvalue weighted by Crippen LogP contribution is 2.42. The van der Waals surface area contributed by atoms with E-state index in [2.05, 4.69) is 10.6 Å². The number of hydrogen-bond donors (Lipinski definition) is 2. The van der Waals surface area contributed by atoms with Crippen LogP contribution in [-0.4, -0.2) is 18.1 Å². The van der Waals surface area contributed by atoms with E-state index in [4.69, 9.17) is 0 Å². The molecule has 4 aromatic carbocycles. The van der Waals surface area contributed by atoms with E-state index < -0.39 is 0 Å². The largest absolute Gasteiger partial charge is 0.326 e.